The maximum absolute atomic E-state index is 12.3. The molecule has 0 unspecified atom stereocenters. The fourth-order valence-electron chi connectivity index (χ4n) is 1.41. The van der Waals surface area contributed by atoms with Crippen molar-refractivity contribution in [1.29, 1.82) is 0 Å². The Morgan fingerprint density at radius 1 is 1.52 bits per heavy atom. The summed E-state index contributed by atoms with van der Waals surface area (Å²) >= 11 is 3.90. The number of amides is 1. The molecule has 0 aromatic carbocycles. The maximum atomic E-state index is 12.3. The Morgan fingerprint density at radius 2 is 2.19 bits per heavy atom. The van der Waals surface area contributed by atoms with Crippen molar-refractivity contribution < 1.29 is 27.5 Å². The summed E-state index contributed by atoms with van der Waals surface area (Å²) in [4.78, 5) is 23.1. The number of ether oxygens (including phenoxy) is 1. The molecule has 1 N–H and O–H groups in total. The second-order valence-corrected chi connectivity index (χ2v) is 4.32. The summed E-state index contributed by atoms with van der Waals surface area (Å²) in [5, 5.41) is 5.55. The van der Waals surface area contributed by atoms with Gasteiger partial charge < -0.3 is 10.1 Å². The molecule has 10 heteroatoms. The van der Waals surface area contributed by atoms with Crippen LogP contribution in [0.15, 0.2) is 12.3 Å². The second-order valence-electron chi connectivity index (χ2n) is 3.95. The standard InChI is InChI=1S/C11H14F3N3O3S/c1-2-20-10(19)7(6-21)15-9(18)5-17-4-3-8(16-17)11(12,13)14/h3-4,7,21H,2,5-6H2,1H3,(H,15,18)/t7-/m0/s1. The van der Waals surface area contributed by atoms with Crippen molar-refractivity contribution in [3.63, 3.8) is 0 Å². The van der Waals surface area contributed by atoms with Gasteiger partial charge in [-0.05, 0) is 13.0 Å². The molecule has 0 aliphatic heterocycles. The number of hydrogen-bond donors (Lipinski definition) is 2. The van der Waals surface area contributed by atoms with E-state index in [1.54, 1.807) is 6.92 Å². The van der Waals surface area contributed by atoms with E-state index in [-0.39, 0.29) is 12.4 Å². The number of aromatic nitrogens is 2. The highest BCUT2D eigenvalue weighted by Gasteiger charge is 2.33. The highest BCUT2D eigenvalue weighted by Crippen LogP contribution is 2.27. The lowest BCUT2D eigenvalue weighted by molar-refractivity contribution is -0.146. The van der Waals surface area contributed by atoms with Crippen LogP contribution < -0.4 is 5.32 Å². The molecular weight excluding hydrogens is 311 g/mol. The first-order valence-electron chi connectivity index (χ1n) is 5.95. The highest BCUT2D eigenvalue weighted by molar-refractivity contribution is 7.80. The molecule has 0 aliphatic rings. The predicted octanol–water partition coefficient (Wildman–Crippen LogP) is 0.880. The molecule has 1 heterocycles. The summed E-state index contributed by atoms with van der Waals surface area (Å²) in [6, 6.07) is -0.201. The molecule has 0 fully saturated rings. The van der Waals surface area contributed by atoms with Crippen LogP contribution in [-0.4, -0.2) is 40.1 Å². The molecule has 0 saturated carbocycles. The molecular formula is C11H14F3N3O3S. The van der Waals surface area contributed by atoms with Gasteiger partial charge in [0.1, 0.15) is 12.6 Å². The van der Waals surface area contributed by atoms with E-state index in [2.05, 4.69) is 23.0 Å². The lowest BCUT2D eigenvalue weighted by Gasteiger charge is -2.14. The van der Waals surface area contributed by atoms with Gasteiger partial charge in [0.15, 0.2) is 5.69 Å². The van der Waals surface area contributed by atoms with Gasteiger partial charge in [-0.1, -0.05) is 0 Å². The lowest BCUT2D eigenvalue weighted by atomic mass is 10.3. The van der Waals surface area contributed by atoms with Crippen molar-refractivity contribution >= 4 is 24.5 Å². The third kappa shape index (κ3) is 5.29. The molecule has 0 spiro atoms. The zero-order valence-corrected chi connectivity index (χ0v) is 11.9. The molecule has 0 aliphatic carbocycles. The normalized spacial score (nSPS) is 12.8. The van der Waals surface area contributed by atoms with Crippen LogP contribution in [0.1, 0.15) is 12.6 Å². The number of thiol groups is 1. The minimum absolute atomic E-state index is 0.0114. The van der Waals surface area contributed by atoms with Gasteiger partial charge in [-0.3, -0.25) is 9.48 Å². The van der Waals surface area contributed by atoms with Gasteiger partial charge in [0, 0.05) is 11.9 Å². The summed E-state index contributed by atoms with van der Waals surface area (Å²) < 4.78 is 42.6. The largest absolute Gasteiger partial charge is 0.464 e. The maximum Gasteiger partial charge on any atom is 0.435 e. The molecule has 0 saturated heterocycles. The topological polar surface area (TPSA) is 73.2 Å². The zero-order chi connectivity index (χ0) is 16.0. The van der Waals surface area contributed by atoms with Gasteiger partial charge in [-0.2, -0.15) is 30.9 Å². The number of alkyl halides is 3. The molecule has 1 rings (SSSR count). The van der Waals surface area contributed by atoms with E-state index in [4.69, 9.17) is 4.74 Å². The average Bonchev–Trinajstić information content (AvgIpc) is 2.84. The summed E-state index contributed by atoms with van der Waals surface area (Å²) in [5.41, 5.74) is -1.09. The summed E-state index contributed by atoms with van der Waals surface area (Å²) in [6.45, 7) is 1.31. The van der Waals surface area contributed by atoms with Crippen molar-refractivity contribution in [1.82, 2.24) is 15.1 Å². The predicted molar refractivity (Wildman–Crippen MR) is 69.6 cm³/mol. The van der Waals surface area contributed by atoms with E-state index >= 15 is 0 Å². The number of nitrogens with one attached hydrogen (secondary N) is 1. The van der Waals surface area contributed by atoms with Crippen molar-refractivity contribution in [2.45, 2.75) is 25.7 Å². The number of nitrogens with zero attached hydrogens (tertiary/aromatic N) is 2. The van der Waals surface area contributed by atoms with Gasteiger partial charge in [0.25, 0.3) is 0 Å². The number of carbonyl (C=O) groups is 2. The minimum atomic E-state index is -4.57. The van der Waals surface area contributed by atoms with E-state index in [1.807, 2.05) is 0 Å². The van der Waals surface area contributed by atoms with Crippen LogP contribution in [0.25, 0.3) is 0 Å². The Kier molecular flexibility index (Phi) is 6.06. The van der Waals surface area contributed by atoms with Crippen LogP contribution in [0.2, 0.25) is 0 Å². The molecule has 6 nitrogen and oxygen atoms in total. The molecule has 118 valence electrons. The number of rotatable bonds is 6. The van der Waals surface area contributed by atoms with Gasteiger partial charge in [0.05, 0.1) is 6.61 Å². The number of esters is 1. The zero-order valence-electron chi connectivity index (χ0n) is 11.1. The third-order valence-electron chi connectivity index (χ3n) is 2.33. The van der Waals surface area contributed by atoms with Gasteiger partial charge in [-0.15, -0.1) is 0 Å². The summed E-state index contributed by atoms with van der Waals surface area (Å²) in [6.07, 6.45) is -3.54. The molecule has 21 heavy (non-hydrogen) atoms. The molecule has 1 aromatic rings. The fourth-order valence-corrected chi connectivity index (χ4v) is 1.65. The van der Waals surface area contributed by atoms with E-state index in [1.165, 1.54) is 0 Å². The highest BCUT2D eigenvalue weighted by atomic mass is 32.1. The molecule has 1 amide bonds. The second kappa shape index (κ2) is 7.34. The molecule has 1 aromatic heterocycles. The number of hydrogen-bond acceptors (Lipinski definition) is 5. The van der Waals surface area contributed by atoms with Crippen LogP contribution >= 0.6 is 12.6 Å². The monoisotopic (exact) mass is 325 g/mol. The van der Waals surface area contributed by atoms with Crippen LogP contribution in [0.4, 0.5) is 13.2 Å². The van der Waals surface area contributed by atoms with E-state index in [9.17, 15) is 22.8 Å². The first kappa shape index (κ1) is 17.3. The van der Waals surface area contributed by atoms with Crippen LogP contribution in [-0.2, 0) is 27.0 Å². The van der Waals surface area contributed by atoms with Crippen molar-refractivity contribution in [3.8, 4) is 0 Å². The first-order chi connectivity index (χ1) is 9.77. The quantitative estimate of drug-likeness (QED) is 0.601. The Bertz CT molecular complexity index is 504. The Labute approximate surface area is 124 Å². The van der Waals surface area contributed by atoms with E-state index < -0.39 is 36.3 Å². The lowest BCUT2D eigenvalue weighted by Crippen LogP contribution is -2.44. The van der Waals surface area contributed by atoms with Crippen LogP contribution in [0.5, 0.6) is 0 Å². The summed E-state index contributed by atoms with van der Waals surface area (Å²) in [7, 11) is 0. The van der Waals surface area contributed by atoms with Crippen molar-refractivity contribution in [2.75, 3.05) is 12.4 Å². The third-order valence-corrected chi connectivity index (χ3v) is 2.69. The van der Waals surface area contributed by atoms with Gasteiger partial charge in [0.2, 0.25) is 5.91 Å². The number of carbonyl (C=O) groups excluding carboxylic acids is 2. The van der Waals surface area contributed by atoms with Crippen molar-refractivity contribution in [3.05, 3.63) is 18.0 Å². The van der Waals surface area contributed by atoms with E-state index in [0.717, 1.165) is 16.9 Å². The van der Waals surface area contributed by atoms with Crippen LogP contribution in [0, 0.1) is 0 Å². The minimum Gasteiger partial charge on any atom is -0.464 e. The van der Waals surface area contributed by atoms with Crippen molar-refractivity contribution in [2.24, 2.45) is 0 Å². The van der Waals surface area contributed by atoms with E-state index in [0.29, 0.717) is 0 Å². The smallest absolute Gasteiger partial charge is 0.435 e. The molecule has 1 atom stereocenters. The number of halogens is 3. The Hall–Kier alpha value is -1.71. The first-order valence-corrected chi connectivity index (χ1v) is 6.58. The Balaban J connectivity index is 2.60. The van der Waals surface area contributed by atoms with Gasteiger partial charge >= 0.3 is 12.1 Å². The van der Waals surface area contributed by atoms with Crippen LogP contribution in [0.3, 0.4) is 0 Å². The average molecular weight is 325 g/mol. The SMILES string of the molecule is CCOC(=O)[C@H](CS)NC(=O)Cn1ccc(C(F)(F)F)n1. The van der Waals surface area contributed by atoms with Gasteiger partial charge in [-0.25, -0.2) is 4.79 Å². The molecule has 0 bridgehead atoms. The summed E-state index contributed by atoms with van der Waals surface area (Å²) in [5.74, 6) is -1.31. The fraction of sp³-hybridized carbons (Fsp3) is 0.545. The Morgan fingerprint density at radius 3 is 2.67 bits per heavy atom. The molecule has 0 radical (unpaired) electrons.